The van der Waals surface area contributed by atoms with E-state index in [4.69, 9.17) is 0 Å². The van der Waals surface area contributed by atoms with Gasteiger partial charge in [0, 0.05) is 25.1 Å². The zero-order valence-corrected chi connectivity index (χ0v) is 20.0. The third-order valence-corrected chi connectivity index (χ3v) is 6.82. The van der Waals surface area contributed by atoms with Crippen molar-refractivity contribution in [3.63, 3.8) is 0 Å². The molecule has 1 unspecified atom stereocenters. The summed E-state index contributed by atoms with van der Waals surface area (Å²) in [5.41, 5.74) is 1.17. The number of benzene rings is 1. The van der Waals surface area contributed by atoms with Crippen molar-refractivity contribution in [3.05, 3.63) is 71.9 Å². The van der Waals surface area contributed by atoms with Crippen LogP contribution in [-0.2, 0) is 0 Å². The summed E-state index contributed by atoms with van der Waals surface area (Å²) in [5.74, 6) is -1.35. The number of aromatic nitrogens is 5. The highest BCUT2D eigenvalue weighted by Crippen LogP contribution is 2.38. The number of aliphatic hydroxyl groups excluding tert-OH is 1. The Kier molecular flexibility index (Phi) is 6.06. The molecule has 10 nitrogen and oxygen atoms in total. The molecule has 1 aromatic carbocycles. The van der Waals surface area contributed by atoms with Crippen LogP contribution in [0.5, 0.6) is 0 Å². The van der Waals surface area contributed by atoms with Crippen LogP contribution in [0.4, 0.5) is 30.5 Å². The van der Waals surface area contributed by atoms with Crippen molar-refractivity contribution in [2.75, 3.05) is 34.8 Å². The van der Waals surface area contributed by atoms with Gasteiger partial charge in [-0.15, -0.1) is 5.10 Å². The fourth-order valence-electron chi connectivity index (χ4n) is 4.96. The van der Waals surface area contributed by atoms with E-state index in [0.29, 0.717) is 36.7 Å². The summed E-state index contributed by atoms with van der Waals surface area (Å²) in [4.78, 5) is 28.9. The average molecular weight is 525 g/mol. The predicted octanol–water partition coefficient (Wildman–Crippen LogP) is 2.91. The second kappa shape index (κ2) is 9.56. The van der Waals surface area contributed by atoms with Gasteiger partial charge < -0.3 is 20.2 Å². The standard InChI is InChI=1S/C25H23F3N8O2/c26-14-1-2-19(28)18(7-14)20-8-15(27)12-35(20)22-4-3-21-29-11-23(36(21)33-22)32-25(38)24-30-9-16(10-31-24)34-6-5-17(37)13-34/h1-4,7,9-11,15,17,20,37H,5-6,8,12-13H2,(H,32,38)/t15-,17?,20+/m0/s1. The summed E-state index contributed by atoms with van der Waals surface area (Å²) in [5, 5.41) is 16.9. The summed E-state index contributed by atoms with van der Waals surface area (Å²) in [6, 6.07) is 5.62. The molecular formula is C25H23F3N8O2. The molecule has 4 aromatic rings. The SMILES string of the molecule is O=C(Nc1cnc2ccc(N3C[C@@H](F)C[C@@H]3c3cc(F)ccc3F)nn12)c1ncc(N2CCC(O)C2)cn1. The van der Waals surface area contributed by atoms with Crippen molar-refractivity contribution in [1.82, 2.24) is 24.6 Å². The van der Waals surface area contributed by atoms with E-state index in [0.717, 1.165) is 18.2 Å². The van der Waals surface area contributed by atoms with Crippen LogP contribution in [0.1, 0.15) is 35.1 Å². The minimum Gasteiger partial charge on any atom is -0.391 e. The van der Waals surface area contributed by atoms with Gasteiger partial charge >= 0.3 is 0 Å². The lowest BCUT2D eigenvalue weighted by molar-refractivity contribution is 0.101. The first-order valence-corrected chi connectivity index (χ1v) is 12.1. The zero-order chi connectivity index (χ0) is 26.4. The number of aliphatic hydroxyl groups is 1. The lowest BCUT2D eigenvalue weighted by Crippen LogP contribution is -2.26. The Morgan fingerprint density at radius 2 is 1.87 bits per heavy atom. The van der Waals surface area contributed by atoms with Gasteiger partial charge in [-0.05, 0) is 36.8 Å². The number of rotatable bonds is 5. The lowest BCUT2D eigenvalue weighted by atomic mass is 10.0. The Morgan fingerprint density at radius 3 is 2.63 bits per heavy atom. The predicted molar refractivity (Wildman–Crippen MR) is 132 cm³/mol. The Morgan fingerprint density at radius 1 is 1.05 bits per heavy atom. The number of carbonyl (C=O) groups is 1. The molecule has 5 heterocycles. The average Bonchev–Trinajstić information content (AvgIpc) is 3.64. The molecule has 2 fully saturated rings. The van der Waals surface area contributed by atoms with Gasteiger partial charge in [-0.25, -0.2) is 28.1 Å². The van der Waals surface area contributed by atoms with Gasteiger partial charge in [-0.3, -0.25) is 4.79 Å². The fraction of sp³-hybridized carbons (Fsp3) is 0.320. The van der Waals surface area contributed by atoms with Crippen LogP contribution >= 0.6 is 0 Å². The molecule has 0 radical (unpaired) electrons. The number of hydrogen-bond acceptors (Lipinski definition) is 8. The molecule has 0 bridgehead atoms. The van der Waals surface area contributed by atoms with E-state index in [-0.39, 0.29) is 30.2 Å². The molecule has 6 rings (SSSR count). The molecule has 3 aromatic heterocycles. The topological polar surface area (TPSA) is 112 Å². The molecule has 2 aliphatic heterocycles. The van der Waals surface area contributed by atoms with E-state index < -0.39 is 35.9 Å². The van der Waals surface area contributed by atoms with E-state index in [1.165, 1.54) is 23.1 Å². The monoisotopic (exact) mass is 524 g/mol. The van der Waals surface area contributed by atoms with Crippen molar-refractivity contribution in [1.29, 1.82) is 0 Å². The number of anilines is 3. The number of halogens is 3. The zero-order valence-electron chi connectivity index (χ0n) is 20.0. The summed E-state index contributed by atoms with van der Waals surface area (Å²) in [7, 11) is 0. The number of nitrogens with one attached hydrogen (secondary N) is 1. The number of hydrogen-bond donors (Lipinski definition) is 2. The van der Waals surface area contributed by atoms with Gasteiger partial charge in [0.05, 0.1) is 43.0 Å². The number of β-amino-alcohol motifs (C(OH)–C–C–N with tert-alkyl or cyclic N) is 1. The Labute approximate surface area is 214 Å². The summed E-state index contributed by atoms with van der Waals surface area (Å²) in [6.07, 6.45) is 3.45. The summed E-state index contributed by atoms with van der Waals surface area (Å²) < 4.78 is 44.2. The van der Waals surface area contributed by atoms with Crippen LogP contribution in [0.25, 0.3) is 5.65 Å². The molecule has 2 saturated heterocycles. The van der Waals surface area contributed by atoms with Gasteiger partial charge in [0.1, 0.15) is 23.6 Å². The van der Waals surface area contributed by atoms with Crippen LogP contribution < -0.4 is 15.1 Å². The van der Waals surface area contributed by atoms with E-state index in [9.17, 15) is 23.1 Å². The Bertz CT molecular complexity index is 1500. The van der Waals surface area contributed by atoms with Crippen LogP contribution in [0.3, 0.4) is 0 Å². The summed E-state index contributed by atoms with van der Waals surface area (Å²) in [6.45, 7) is 1.11. The van der Waals surface area contributed by atoms with E-state index in [2.05, 4.69) is 25.4 Å². The maximum absolute atomic E-state index is 14.5. The first-order chi connectivity index (χ1) is 18.4. The number of imidazole rings is 1. The maximum Gasteiger partial charge on any atom is 0.294 e. The molecule has 2 N–H and O–H groups in total. The highest BCUT2D eigenvalue weighted by atomic mass is 19.1. The van der Waals surface area contributed by atoms with Crippen LogP contribution in [0, 0.1) is 11.6 Å². The molecule has 0 saturated carbocycles. The van der Waals surface area contributed by atoms with Crippen LogP contribution in [0.2, 0.25) is 0 Å². The van der Waals surface area contributed by atoms with Crippen LogP contribution in [-0.4, -0.2) is 67.5 Å². The lowest BCUT2D eigenvalue weighted by Gasteiger charge is -2.26. The molecule has 38 heavy (non-hydrogen) atoms. The van der Waals surface area contributed by atoms with Crippen molar-refractivity contribution in [3.8, 4) is 0 Å². The first kappa shape index (κ1) is 24.1. The van der Waals surface area contributed by atoms with Crippen molar-refractivity contribution < 1.29 is 23.1 Å². The molecule has 0 aliphatic carbocycles. The highest BCUT2D eigenvalue weighted by molar-refractivity contribution is 6.01. The van der Waals surface area contributed by atoms with E-state index in [1.807, 2.05) is 4.90 Å². The summed E-state index contributed by atoms with van der Waals surface area (Å²) >= 11 is 0. The fourth-order valence-corrected chi connectivity index (χ4v) is 4.96. The van der Waals surface area contributed by atoms with E-state index in [1.54, 1.807) is 17.0 Å². The highest BCUT2D eigenvalue weighted by Gasteiger charge is 2.36. The molecule has 2 aliphatic rings. The van der Waals surface area contributed by atoms with Gasteiger partial charge in [-0.2, -0.15) is 4.52 Å². The molecule has 196 valence electrons. The smallest absolute Gasteiger partial charge is 0.294 e. The molecule has 0 spiro atoms. The van der Waals surface area contributed by atoms with E-state index >= 15 is 0 Å². The third-order valence-electron chi connectivity index (χ3n) is 6.82. The third kappa shape index (κ3) is 4.49. The van der Waals surface area contributed by atoms with Crippen molar-refractivity contribution >= 4 is 28.9 Å². The second-order valence-electron chi connectivity index (χ2n) is 9.38. The van der Waals surface area contributed by atoms with Gasteiger partial charge in [-0.1, -0.05) is 0 Å². The number of amides is 1. The molecular weight excluding hydrogens is 501 g/mol. The maximum atomic E-state index is 14.5. The minimum atomic E-state index is -1.26. The number of nitrogens with zero attached hydrogens (tertiary/aromatic N) is 7. The number of carbonyl (C=O) groups excluding carboxylic acids is 1. The molecule has 3 atom stereocenters. The van der Waals surface area contributed by atoms with Crippen LogP contribution in [0.15, 0.2) is 48.9 Å². The quantitative estimate of drug-likeness (QED) is 0.410. The Hall–Kier alpha value is -4.26. The van der Waals surface area contributed by atoms with Gasteiger partial charge in [0.15, 0.2) is 11.5 Å². The number of fused-ring (bicyclic) bond motifs is 1. The minimum absolute atomic E-state index is 0.0165. The van der Waals surface area contributed by atoms with Crippen molar-refractivity contribution in [2.45, 2.75) is 31.2 Å². The molecule has 1 amide bonds. The van der Waals surface area contributed by atoms with Gasteiger partial charge in [0.2, 0.25) is 5.82 Å². The number of alkyl halides is 1. The van der Waals surface area contributed by atoms with Gasteiger partial charge in [0.25, 0.3) is 5.91 Å². The largest absolute Gasteiger partial charge is 0.391 e. The first-order valence-electron chi connectivity index (χ1n) is 12.1. The normalized spacial score (nSPS) is 21.4. The van der Waals surface area contributed by atoms with Crippen molar-refractivity contribution in [2.24, 2.45) is 0 Å². The molecule has 13 heteroatoms. The Balaban J connectivity index is 1.24. The second-order valence-corrected chi connectivity index (χ2v) is 9.38.